The first-order valence-electron chi connectivity index (χ1n) is 12.4. The van der Waals surface area contributed by atoms with E-state index in [1.54, 1.807) is 28.4 Å². The lowest BCUT2D eigenvalue weighted by molar-refractivity contribution is -0.518. The van der Waals surface area contributed by atoms with Crippen LogP contribution >= 0.6 is 0 Å². The van der Waals surface area contributed by atoms with E-state index in [9.17, 15) is 32.5 Å². The van der Waals surface area contributed by atoms with Crippen molar-refractivity contribution in [2.75, 3.05) is 28.4 Å². The lowest BCUT2D eigenvalue weighted by Gasteiger charge is -2.13. The number of aromatic nitrogens is 1. The molecule has 0 amide bonds. The van der Waals surface area contributed by atoms with Gasteiger partial charge in [-0.25, -0.2) is 8.42 Å². The van der Waals surface area contributed by atoms with E-state index in [4.69, 9.17) is 29.2 Å². The average molecular weight is 620 g/mol. The number of rotatable bonds is 11. The van der Waals surface area contributed by atoms with Crippen molar-refractivity contribution in [3.05, 3.63) is 48.3 Å². The van der Waals surface area contributed by atoms with Gasteiger partial charge in [-0.05, 0) is 35.0 Å². The van der Waals surface area contributed by atoms with Gasteiger partial charge >= 0.3 is 17.9 Å². The molecule has 1 unspecified atom stereocenters. The highest BCUT2D eigenvalue weighted by Crippen LogP contribution is 2.37. The molecule has 0 saturated heterocycles. The molecule has 43 heavy (non-hydrogen) atoms. The molecule has 0 bridgehead atoms. The van der Waals surface area contributed by atoms with Crippen molar-refractivity contribution in [2.24, 2.45) is 0 Å². The van der Waals surface area contributed by atoms with Gasteiger partial charge in [-0.1, -0.05) is 0 Å². The maximum absolute atomic E-state index is 11.4. The topological polar surface area (TPSA) is 210 Å². The molecule has 1 atom stereocenters. The molecule has 0 saturated carbocycles. The first-order valence-corrected chi connectivity index (χ1v) is 13.9. The van der Waals surface area contributed by atoms with E-state index in [1.807, 2.05) is 40.9 Å². The van der Waals surface area contributed by atoms with Crippen LogP contribution in [0, 0.1) is 0 Å². The predicted molar refractivity (Wildman–Crippen MR) is 150 cm³/mol. The fraction of sp³-hybridized carbons (Fsp3) is 0.286. The number of aryl methyl sites for hydroxylation is 1. The zero-order chi connectivity index (χ0) is 32.1. The van der Waals surface area contributed by atoms with Crippen LogP contribution in [0.4, 0.5) is 0 Å². The first-order chi connectivity index (χ1) is 20.2. The SMILES string of the molecule is COc1cc2cc3c4cc(OC)c(OC)cc4cc[n+]3c(CCC(=O)O)c2cc1OC.O=C(O)CC(C(=O)O)S(=O)(=O)[O-]. The highest BCUT2D eigenvalue weighted by molar-refractivity contribution is 7.87. The second kappa shape index (κ2) is 13.4. The Bertz CT molecular complexity index is 1820. The van der Waals surface area contributed by atoms with Crippen LogP contribution in [0.15, 0.2) is 42.6 Å². The second-order valence-corrected chi connectivity index (χ2v) is 10.6. The lowest BCUT2D eigenvalue weighted by atomic mass is 10.0. The van der Waals surface area contributed by atoms with Gasteiger partial charge in [0.1, 0.15) is 10.1 Å². The molecular weight excluding hydrogens is 590 g/mol. The van der Waals surface area contributed by atoms with Gasteiger partial charge in [-0.3, -0.25) is 14.4 Å². The maximum Gasteiger partial charge on any atom is 0.321 e. The molecule has 3 N–H and O–H groups in total. The number of carbonyl (C=O) groups is 3. The molecule has 0 aliphatic rings. The van der Waals surface area contributed by atoms with Crippen LogP contribution in [-0.4, -0.2) is 79.9 Å². The summed E-state index contributed by atoms with van der Waals surface area (Å²) < 4.78 is 54.3. The quantitative estimate of drug-likeness (QED) is 0.0953. The molecule has 2 heterocycles. The van der Waals surface area contributed by atoms with Crippen LogP contribution in [0.25, 0.3) is 27.1 Å². The van der Waals surface area contributed by atoms with Crippen LogP contribution in [-0.2, 0) is 30.9 Å². The largest absolute Gasteiger partial charge is 0.747 e. The summed E-state index contributed by atoms with van der Waals surface area (Å²) >= 11 is 0. The number of nitrogens with zero attached hydrogens (tertiary/aromatic N) is 1. The third kappa shape index (κ3) is 7.31. The molecule has 0 fully saturated rings. The number of aliphatic carboxylic acids is 3. The van der Waals surface area contributed by atoms with Crippen LogP contribution in [0.2, 0.25) is 0 Å². The van der Waals surface area contributed by atoms with Gasteiger partial charge in [-0.2, -0.15) is 4.40 Å². The second-order valence-electron chi connectivity index (χ2n) is 9.06. The Balaban J connectivity index is 0.000000359. The van der Waals surface area contributed by atoms with Gasteiger partial charge in [0.25, 0.3) is 0 Å². The van der Waals surface area contributed by atoms with Gasteiger partial charge in [0.15, 0.2) is 40.1 Å². The van der Waals surface area contributed by atoms with E-state index in [0.29, 0.717) is 29.4 Å². The van der Waals surface area contributed by atoms with Gasteiger partial charge in [0.05, 0.1) is 52.1 Å². The highest BCUT2D eigenvalue weighted by atomic mass is 32.2. The molecule has 15 heteroatoms. The van der Waals surface area contributed by atoms with Gasteiger partial charge < -0.3 is 38.8 Å². The van der Waals surface area contributed by atoms with E-state index in [2.05, 4.69) is 6.07 Å². The van der Waals surface area contributed by atoms with Crippen LogP contribution in [0.3, 0.4) is 0 Å². The third-order valence-corrected chi connectivity index (χ3v) is 7.57. The standard InChI is InChI=1S/C24H23NO6.C4H6O7S/c1-28-20-10-14-7-8-25-18(5-6-24(26)27)17-13-23(31-4)21(29-2)11-15(17)9-19(25)16(14)12-22(20)30-3;5-3(6)1-2(4(7)8)12(9,10)11/h7-13H,5-6H2,1-4H3;2H,1H2,(H,5,6)(H,7,8)(H,9,10,11). The molecule has 230 valence electrons. The van der Waals surface area contributed by atoms with E-state index in [0.717, 1.165) is 32.8 Å². The van der Waals surface area contributed by atoms with Crippen molar-refractivity contribution in [1.29, 1.82) is 0 Å². The number of methoxy groups -OCH3 is 4. The number of benzene rings is 2. The summed E-state index contributed by atoms with van der Waals surface area (Å²) in [4.78, 5) is 31.3. The fourth-order valence-electron chi connectivity index (χ4n) is 4.49. The summed E-state index contributed by atoms with van der Waals surface area (Å²) in [6.07, 6.45) is 1.11. The first kappa shape index (κ1) is 32.6. The summed E-state index contributed by atoms with van der Waals surface area (Å²) in [5, 5.41) is 26.9. The zero-order valence-corrected chi connectivity index (χ0v) is 24.3. The van der Waals surface area contributed by atoms with Crippen molar-refractivity contribution < 1.29 is 66.0 Å². The van der Waals surface area contributed by atoms with Gasteiger partial charge in [0, 0.05) is 18.6 Å². The van der Waals surface area contributed by atoms with Crippen molar-refractivity contribution in [3.63, 3.8) is 0 Å². The molecule has 0 radical (unpaired) electrons. The molecule has 2 aromatic heterocycles. The van der Waals surface area contributed by atoms with E-state index >= 15 is 0 Å². The minimum atomic E-state index is -5.09. The molecule has 0 aliphatic carbocycles. The number of pyridine rings is 2. The molecular formula is C28H29NO13S. The fourth-order valence-corrected chi connectivity index (χ4v) is 5.09. The van der Waals surface area contributed by atoms with Crippen LogP contribution in [0.5, 0.6) is 23.0 Å². The molecule has 14 nitrogen and oxygen atoms in total. The third-order valence-electron chi connectivity index (χ3n) is 6.50. The van der Waals surface area contributed by atoms with Crippen molar-refractivity contribution in [3.8, 4) is 23.0 Å². The van der Waals surface area contributed by atoms with Gasteiger partial charge in [0.2, 0.25) is 5.52 Å². The lowest BCUT2D eigenvalue weighted by Crippen LogP contribution is -2.32. The number of hydrogen-bond donors (Lipinski definition) is 3. The zero-order valence-electron chi connectivity index (χ0n) is 23.5. The Hall–Kier alpha value is -4.89. The summed E-state index contributed by atoms with van der Waals surface area (Å²) in [7, 11) is 1.30. The number of fused-ring (bicyclic) bond motifs is 4. The molecule has 4 aromatic rings. The molecule has 0 spiro atoms. The Labute approximate surface area is 245 Å². The molecule has 2 aromatic carbocycles. The molecule has 4 rings (SSSR count). The van der Waals surface area contributed by atoms with Gasteiger partial charge in [-0.15, -0.1) is 0 Å². The Morgan fingerprint density at radius 1 is 0.791 bits per heavy atom. The predicted octanol–water partition coefficient (Wildman–Crippen LogP) is 2.24. The van der Waals surface area contributed by atoms with Crippen molar-refractivity contribution in [2.45, 2.75) is 24.5 Å². The maximum atomic E-state index is 11.4. The smallest absolute Gasteiger partial charge is 0.321 e. The summed E-state index contributed by atoms with van der Waals surface area (Å²) in [6.45, 7) is 0. The van der Waals surface area contributed by atoms with Crippen LogP contribution in [0.1, 0.15) is 18.5 Å². The minimum Gasteiger partial charge on any atom is -0.747 e. The summed E-state index contributed by atoms with van der Waals surface area (Å²) in [5.74, 6) is -1.96. The monoisotopic (exact) mass is 619 g/mol. The average Bonchev–Trinajstić information content (AvgIpc) is 2.95. The Kier molecular flexibility index (Phi) is 10.2. The van der Waals surface area contributed by atoms with E-state index < -0.39 is 39.7 Å². The van der Waals surface area contributed by atoms with E-state index in [1.165, 1.54) is 0 Å². The number of carboxylic acid groups (broad SMARTS) is 3. The van der Waals surface area contributed by atoms with Crippen LogP contribution < -0.4 is 23.3 Å². The van der Waals surface area contributed by atoms with Crippen molar-refractivity contribution in [1.82, 2.24) is 0 Å². The molecule has 0 aliphatic heterocycles. The Morgan fingerprint density at radius 3 is 1.74 bits per heavy atom. The van der Waals surface area contributed by atoms with Crippen molar-refractivity contribution >= 4 is 55.1 Å². The summed E-state index contributed by atoms with van der Waals surface area (Å²) in [6, 6.07) is 11.7. The van der Waals surface area contributed by atoms with E-state index in [-0.39, 0.29) is 6.42 Å². The summed E-state index contributed by atoms with van der Waals surface area (Å²) in [5.41, 5.74) is 1.81. The Morgan fingerprint density at radius 2 is 1.30 bits per heavy atom. The number of hydrogen-bond acceptors (Lipinski definition) is 10. The number of ether oxygens (including phenoxy) is 4. The normalized spacial score (nSPS) is 11.8. The number of carboxylic acids is 3. The minimum absolute atomic E-state index is 0.0134. The highest BCUT2D eigenvalue weighted by Gasteiger charge is 2.27.